The first-order valence-corrected chi connectivity index (χ1v) is 6.83. The monoisotopic (exact) mass is 275 g/mol. The lowest BCUT2D eigenvalue weighted by Gasteiger charge is -2.20. The molecule has 1 aliphatic rings. The van der Waals surface area contributed by atoms with Gasteiger partial charge in [0.25, 0.3) is 5.91 Å². The number of benzene rings is 1. The molecule has 1 aromatic carbocycles. The third kappa shape index (κ3) is 4.57. The Morgan fingerprint density at radius 1 is 1.20 bits per heavy atom. The van der Waals surface area contributed by atoms with Crippen molar-refractivity contribution in [2.75, 3.05) is 5.32 Å². The van der Waals surface area contributed by atoms with Gasteiger partial charge < -0.3 is 16.0 Å². The highest BCUT2D eigenvalue weighted by Gasteiger charge is 2.23. The van der Waals surface area contributed by atoms with Crippen molar-refractivity contribution in [1.29, 1.82) is 0 Å². The Kier molecular flexibility index (Phi) is 3.97. The minimum atomic E-state index is -0.301. The normalized spacial score (nSPS) is 14.6. The van der Waals surface area contributed by atoms with Gasteiger partial charge in [0.2, 0.25) is 0 Å². The Labute approximate surface area is 119 Å². The summed E-state index contributed by atoms with van der Waals surface area (Å²) < 4.78 is 0. The van der Waals surface area contributed by atoms with Crippen LogP contribution in [0.15, 0.2) is 24.3 Å². The molecule has 3 amide bonds. The van der Waals surface area contributed by atoms with E-state index in [-0.39, 0.29) is 17.5 Å². The topological polar surface area (TPSA) is 70.2 Å². The van der Waals surface area contributed by atoms with Gasteiger partial charge in [-0.3, -0.25) is 4.79 Å². The molecule has 0 heterocycles. The second-order valence-electron chi connectivity index (χ2n) is 6.16. The van der Waals surface area contributed by atoms with Crippen molar-refractivity contribution in [3.05, 3.63) is 29.8 Å². The Morgan fingerprint density at radius 2 is 1.90 bits per heavy atom. The molecule has 1 aliphatic carbocycles. The number of amides is 3. The number of urea groups is 1. The van der Waals surface area contributed by atoms with Gasteiger partial charge in [-0.05, 0) is 51.8 Å². The van der Waals surface area contributed by atoms with E-state index in [1.54, 1.807) is 24.3 Å². The van der Waals surface area contributed by atoms with Crippen molar-refractivity contribution >= 4 is 17.6 Å². The summed E-state index contributed by atoms with van der Waals surface area (Å²) in [5, 5.41) is 8.46. The Morgan fingerprint density at radius 3 is 2.50 bits per heavy atom. The zero-order valence-corrected chi connectivity index (χ0v) is 12.1. The maximum absolute atomic E-state index is 11.9. The van der Waals surface area contributed by atoms with Crippen LogP contribution in [-0.4, -0.2) is 23.5 Å². The van der Waals surface area contributed by atoms with Crippen LogP contribution in [0.4, 0.5) is 10.5 Å². The molecule has 0 bridgehead atoms. The molecule has 0 atom stereocenters. The summed E-state index contributed by atoms with van der Waals surface area (Å²) in [5.41, 5.74) is 0.867. The molecule has 20 heavy (non-hydrogen) atoms. The van der Waals surface area contributed by atoms with Crippen molar-refractivity contribution < 1.29 is 9.59 Å². The number of carbonyl (C=O) groups excluding carboxylic acids is 2. The van der Waals surface area contributed by atoms with Gasteiger partial charge in [-0.25, -0.2) is 4.79 Å². The van der Waals surface area contributed by atoms with E-state index in [0.29, 0.717) is 17.3 Å². The van der Waals surface area contributed by atoms with Gasteiger partial charge >= 0.3 is 6.03 Å². The molecule has 0 spiro atoms. The van der Waals surface area contributed by atoms with Crippen LogP contribution in [0, 0.1) is 0 Å². The maximum atomic E-state index is 11.9. The lowest BCUT2D eigenvalue weighted by Crippen LogP contribution is -2.43. The third-order valence-electron chi connectivity index (χ3n) is 2.78. The highest BCUT2D eigenvalue weighted by atomic mass is 16.2. The fourth-order valence-electron chi connectivity index (χ4n) is 1.74. The molecular weight excluding hydrogens is 254 g/mol. The van der Waals surface area contributed by atoms with E-state index in [4.69, 9.17) is 0 Å². The van der Waals surface area contributed by atoms with Gasteiger partial charge in [0.15, 0.2) is 0 Å². The predicted molar refractivity (Wildman–Crippen MR) is 78.8 cm³/mol. The quantitative estimate of drug-likeness (QED) is 0.793. The van der Waals surface area contributed by atoms with Crippen molar-refractivity contribution in [2.24, 2.45) is 0 Å². The smallest absolute Gasteiger partial charge is 0.319 e. The summed E-state index contributed by atoms with van der Waals surface area (Å²) >= 11 is 0. The van der Waals surface area contributed by atoms with Gasteiger partial charge in [-0.1, -0.05) is 6.07 Å². The summed E-state index contributed by atoms with van der Waals surface area (Å²) in [7, 11) is 0. The molecule has 0 radical (unpaired) electrons. The highest BCUT2D eigenvalue weighted by Crippen LogP contribution is 2.20. The second-order valence-corrected chi connectivity index (χ2v) is 6.16. The van der Waals surface area contributed by atoms with Crippen LogP contribution in [-0.2, 0) is 0 Å². The zero-order valence-electron chi connectivity index (χ0n) is 12.1. The Bertz CT molecular complexity index is 516. The molecule has 5 nitrogen and oxygen atoms in total. The molecule has 0 saturated heterocycles. The molecule has 0 aliphatic heterocycles. The molecule has 3 N–H and O–H groups in total. The first kappa shape index (κ1) is 14.4. The SMILES string of the molecule is CC(C)(C)NC(=O)Nc1cccc(C(=O)NC2CC2)c1. The molecule has 5 heteroatoms. The van der Waals surface area contributed by atoms with Crippen LogP contribution in [0.25, 0.3) is 0 Å². The zero-order chi connectivity index (χ0) is 14.8. The second kappa shape index (κ2) is 5.53. The van der Waals surface area contributed by atoms with Crippen molar-refractivity contribution in [2.45, 2.75) is 45.2 Å². The van der Waals surface area contributed by atoms with E-state index >= 15 is 0 Å². The number of hydrogen-bond donors (Lipinski definition) is 3. The number of nitrogens with one attached hydrogen (secondary N) is 3. The molecule has 0 aromatic heterocycles. The fourth-order valence-corrected chi connectivity index (χ4v) is 1.74. The summed E-state index contributed by atoms with van der Waals surface area (Å²) in [6.07, 6.45) is 2.11. The number of rotatable bonds is 3. The van der Waals surface area contributed by atoms with E-state index in [2.05, 4.69) is 16.0 Å². The number of carbonyl (C=O) groups is 2. The molecule has 1 aromatic rings. The molecule has 1 saturated carbocycles. The van der Waals surface area contributed by atoms with E-state index in [1.807, 2.05) is 20.8 Å². The summed E-state index contributed by atoms with van der Waals surface area (Å²) in [4.78, 5) is 23.7. The van der Waals surface area contributed by atoms with E-state index < -0.39 is 0 Å². The van der Waals surface area contributed by atoms with Crippen LogP contribution in [0.2, 0.25) is 0 Å². The number of anilines is 1. The molecular formula is C15H21N3O2. The minimum absolute atomic E-state index is 0.0904. The summed E-state index contributed by atoms with van der Waals surface area (Å²) in [5.74, 6) is -0.0904. The highest BCUT2D eigenvalue weighted by molar-refractivity contribution is 5.97. The predicted octanol–water partition coefficient (Wildman–Crippen LogP) is 2.50. The van der Waals surface area contributed by atoms with Gasteiger partial charge in [0.05, 0.1) is 0 Å². The largest absolute Gasteiger partial charge is 0.349 e. The molecule has 0 unspecified atom stereocenters. The lowest BCUT2D eigenvalue weighted by molar-refractivity contribution is 0.0951. The standard InChI is InChI=1S/C15H21N3O2/c1-15(2,3)18-14(20)17-12-6-4-5-10(9-12)13(19)16-11-7-8-11/h4-6,9,11H,7-8H2,1-3H3,(H,16,19)(H2,17,18,20). The lowest BCUT2D eigenvalue weighted by atomic mass is 10.1. The van der Waals surface area contributed by atoms with Crippen molar-refractivity contribution in [1.82, 2.24) is 10.6 Å². The maximum Gasteiger partial charge on any atom is 0.319 e. The fraction of sp³-hybridized carbons (Fsp3) is 0.467. The van der Waals surface area contributed by atoms with Gasteiger partial charge in [-0.2, -0.15) is 0 Å². The van der Waals surface area contributed by atoms with Crippen molar-refractivity contribution in [3.8, 4) is 0 Å². The average molecular weight is 275 g/mol. The summed E-state index contributed by atoms with van der Waals surface area (Å²) in [6, 6.07) is 6.98. The third-order valence-corrected chi connectivity index (χ3v) is 2.78. The van der Waals surface area contributed by atoms with Gasteiger partial charge in [-0.15, -0.1) is 0 Å². The first-order valence-electron chi connectivity index (χ1n) is 6.83. The Balaban J connectivity index is 1.98. The molecule has 1 fully saturated rings. The van der Waals surface area contributed by atoms with Crippen LogP contribution in [0.5, 0.6) is 0 Å². The minimum Gasteiger partial charge on any atom is -0.349 e. The first-order chi connectivity index (χ1) is 9.33. The summed E-state index contributed by atoms with van der Waals surface area (Å²) in [6.45, 7) is 5.73. The van der Waals surface area contributed by atoms with Gasteiger partial charge in [0.1, 0.15) is 0 Å². The molecule has 2 rings (SSSR count). The van der Waals surface area contributed by atoms with Crippen LogP contribution in [0.1, 0.15) is 44.0 Å². The van der Waals surface area contributed by atoms with E-state index in [9.17, 15) is 9.59 Å². The number of hydrogen-bond acceptors (Lipinski definition) is 2. The molecule has 108 valence electrons. The van der Waals surface area contributed by atoms with E-state index in [1.165, 1.54) is 0 Å². The van der Waals surface area contributed by atoms with Crippen molar-refractivity contribution in [3.63, 3.8) is 0 Å². The van der Waals surface area contributed by atoms with Crippen LogP contribution in [0.3, 0.4) is 0 Å². The van der Waals surface area contributed by atoms with Crippen LogP contribution >= 0.6 is 0 Å². The van der Waals surface area contributed by atoms with E-state index in [0.717, 1.165) is 12.8 Å². The Hall–Kier alpha value is -2.04. The average Bonchev–Trinajstić information content (AvgIpc) is 3.10. The van der Waals surface area contributed by atoms with Gasteiger partial charge in [0, 0.05) is 22.8 Å². The van der Waals surface area contributed by atoms with Crippen LogP contribution < -0.4 is 16.0 Å².